The summed E-state index contributed by atoms with van der Waals surface area (Å²) in [4.78, 5) is 10.9. The highest BCUT2D eigenvalue weighted by molar-refractivity contribution is 5.74. The highest BCUT2D eigenvalue weighted by Gasteiger charge is 2.36. The van der Waals surface area contributed by atoms with E-state index >= 15 is 0 Å². The molecule has 1 fully saturated rings. The Morgan fingerprint density at radius 1 is 1.25 bits per heavy atom. The third-order valence-electron chi connectivity index (χ3n) is 3.18. The van der Waals surface area contributed by atoms with Crippen LogP contribution in [0.5, 0.6) is 0 Å². The Morgan fingerprint density at radius 2 is 1.75 bits per heavy atom. The van der Waals surface area contributed by atoms with Gasteiger partial charge in [-0.05, 0) is 32.6 Å². The summed E-state index contributed by atoms with van der Waals surface area (Å²) in [5.41, 5.74) is -0.513. The molecule has 0 aromatic carbocycles. The van der Waals surface area contributed by atoms with Crippen molar-refractivity contribution in [3.63, 3.8) is 0 Å². The normalized spacial score (nSPS) is 20.8. The van der Waals surface area contributed by atoms with Crippen LogP contribution in [0.4, 0.5) is 0 Å². The zero-order valence-electron chi connectivity index (χ0n) is 7.97. The average Bonchev–Trinajstić information content (AvgIpc) is 2.06. The molecule has 0 aliphatic heterocycles. The van der Waals surface area contributed by atoms with Crippen molar-refractivity contribution in [2.75, 3.05) is 0 Å². The summed E-state index contributed by atoms with van der Waals surface area (Å²) in [6.07, 6.45) is 5.90. The first kappa shape index (κ1) is 9.56. The molecule has 1 aliphatic rings. The number of carboxylic acids is 1. The maximum Gasteiger partial charge on any atom is 0.309 e. The van der Waals surface area contributed by atoms with Gasteiger partial charge in [0, 0.05) is 0 Å². The van der Waals surface area contributed by atoms with Crippen LogP contribution in [0.3, 0.4) is 0 Å². The van der Waals surface area contributed by atoms with Gasteiger partial charge < -0.3 is 5.11 Å². The zero-order chi connectivity index (χ0) is 9.19. The third kappa shape index (κ3) is 1.79. The number of hydrogen-bond acceptors (Lipinski definition) is 1. The fourth-order valence-corrected chi connectivity index (χ4v) is 2.00. The number of rotatable bonds is 2. The van der Waals surface area contributed by atoms with Crippen molar-refractivity contribution in [2.45, 2.75) is 46.0 Å². The first-order valence-corrected chi connectivity index (χ1v) is 4.78. The molecule has 0 radical (unpaired) electrons. The lowest BCUT2D eigenvalue weighted by Gasteiger charge is -2.33. The second-order valence-electron chi connectivity index (χ2n) is 4.36. The van der Waals surface area contributed by atoms with Gasteiger partial charge in [0.1, 0.15) is 0 Å². The summed E-state index contributed by atoms with van der Waals surface area (Å²) < 4.78 is 0. The quantitative estimate of drug-likeness (QED) is 0.691. The molecule has 0 heterocycles. The summed E-state index contributed by atoms with van der Waals surface area (Å²) in [7, 11) is 0. The van der Waals surface area contributed by atoms with E-state index in [-0.39, 0.29) is 0 Å². The van der Waals surface area contributed by atoms with Crippen LogP contribution in [0.1, 0.15) is 46.0 Å². The summed E-state index contributed by atoms with van der Waals surface area (Å²) in [6.45, 7) is 3.70. The van der Waals surface area contributed by atoms with Gasteiger partial charge in [0.15, 0.2) is 0 Å². The lowest BCUT2D eigenvalue weighted by molar-refractivity contribution is -0.150. The first-order valence-electron chi connectivity index (χ1n) is 4.78. The Balaban J connectivity index is 2.59. The largest absolute Gasteiger partial charge is 0.481 e. The van der Waals surface area contributed by atoms with Crippen molar-refractivity contribution in [3.8, 4) is 0 Å². The Morgan fingerprint density at radius 3 is 2.17 bits per heavy atom. The van der Waals surface area contributed by atoms with Gasteiger partial charge in [-0.3, -0.25) is 4.79 Å². The van der Waals surface area contributed by atoms with Crippen molar-refractivity contribution < 1.29 is 9.90 Å². The van der Waals surface area contributed by atoms with Crippen molar-refractivity contribution >= 4 is 5.97 Å². The van der Waals surface area contributed by atoms with Crippen LogP contribution in [0.15, 0.2) is 0 Å². The molecule has 1 saturated carbocycles. The third-order valence-corrected chi connectivity index (χ3v) is 3.18. The predicted molar refractivity (Wildman–Crippen MR) is 48.0 cm³/mol. The highest BCUT2D eigenvalue weighted by Crippen LogP contribution is 2.38. The molecule has 0 spiro atoms. The minimum atomic E-state index is -0.644. The van der Waals surface area contributed by atoms with Crippen LogP contribution in [0, 0.1) is 11.3 Å². The van der Waals surface area contributed by atoms with Gasteiger partial charge in [0.05, 0.1) is 5.41 Å². The Labute approximate surface area is 74.0 Å². The van der Waals surface area contributed by atoms with Crippen molar-refractivity contribution in [1.82, 2.24) is 0 Å². The van der Waals surface area contributed by atoms with Gasteiger partial charge in [0.2, 0.25) is 0 Å². The first-order chi connectivity index (χ1) is 5.55. The Bertz CT molecular complexity index is 167. The summed E-state index contributed by atoms with van der Waals surface area (Å²) in [5, 5.41) is 8.99. The molecule has 1 aliphatic carbocycles. The van der Waals surface area contributed by atoms with Gasteiger partial charge in [-0.2, -0.15) is 0 Å². The van der Waals surface area contributed by atoms with Crippen molar-refractivity contribution in [3.05, 3.63) is 0 Å². The summed E-state index contributed by atoms with van der Waals surface area (Å²) in [5.74, 6) is -0.252. The summed E-state index contributed by atoms with van der Waals surface area (Å²) >= 11 is 0. The van der Waals surface area contributed by atoms with Gasteiger partial charge in [-0.15, -0.1) is 0 Å². The van der Waals surface area contributed by atoms with Crippen molar-refractivity contribution in [2.24, 2.45) is 11.3 Å². The summed E-state index contributed by atoms with van der Waals surface area (Å²) in [6, 6.07) is 0. The molecule has 70 valence electrons. The van der Waals surface area contributed by atoms with Crippen LogP contribution in [-0.4, -0.2) is 11.1 Å². The van der Waals surface area contributed by atoms with E-state index < -0.39 is 11.4 Å². The fraction of sp³-hybridized carbons (Fsp3) is 0.900. The molecule has 0 saturated heterocycles. The Kier molecular flexibility index (Phi) is 2.76. The molecule has 0 atom stereocenters. The molecule has 2 heteroatoms. The lowest BCUT2D eigenvalue weighted by Crippen LogP contribution is -2.34. The SMILES string of the molecule is CC(C)(C(=O)O)C1CCCCC1. The van der Waals surface area contributed by atoms with E-state index in [9.17, 15) is 4.79 Å². The van der Waals surface area contributed by atoms with Gasteiger partial charge >= 0.3 is 5.97 Å². The number of carboxylic acid groups (broad SMARTS) is 1. The molecule has 1 rings (SSSR count). The van der Waals surface area contributed by atoms with Crippen LogP contribution in [0.2, 0.25) is 0 Å². The molecular formula is C10H18O2. The predicted octanol–water partition coefficient (Wildman–Crippen LogP) is 2.68. The van der Waals surface area contributed by atoms with Crippen LogP contribution < -0.4 is 0 Å². The molecule has 0 aromatic rings. The second-order valence-corrected chi connectivity index (χ2v) is 4.36. The fourth-order valence-electron chi connectivity index (χ4n) is 2.00. The minimum absolute atomic E-state index is 0.392. The molecule has 0 aromatic heterocycles. The van der Waals surface area contributed by atoms with Crippen LogP contribution >= 0.6 is 0 Å². The van der Waals surface area contributed by atoms with E-state index in [1.165, 1.54) is 19.3 Å². The maximum absolute atomic E-state index is 10.9. The van der Waals surface area contributed by atoms with Crippen LogP contribution in [0.25, 0.3) is 0 Å². The molecule has 0 bridgehead atoms. The minimum Gasteiger partial charge on any atom is -0.481 e. The van der Waals surface area contributed by atoms with E-state index in [0.29, 0.717) is 5.92 Å². The van der Waals surface area contributed by atoms with E-state index in [1.807, 2.05) is 13.8 Å². The van der Waals surface area contributed by atoms with E-state index in [1.54, 1.807) is 0 Å². The average molecular weight is 170 g/mol. The van der Waals surface area contributed by atoms with Crippen LogP contribution in [-0.2, 0) is 4.79 Å². The van der Waals surface area contributed by atoms with Crippen molar-refractivity contribution in [1.29, 1.82) is 0 Å². The van der Waals surface area contributed by atoms with E-state index in [2.05, 4.69) is 0 Å². The molecule has 12 heavy (non-hydrogen) atoms. The smallest absolute Gasteiger partial charge is 0.309 e. The van der Waals surface area contributed by atoms with Gasteiger partial charge in [-0.1, -0.05) is 19.3 Å². The van der Waals surface area contributed by atoms with Gasteiger partial charge in [-0.25, -0.2) is 0 Å². The van der Waals surface area contributed by atoms with Gasteiger partial charge in [0.25, 0.3) is 0 Å². The number of hydrogen-bond donors (Lipinski definition) is 1. The maximum atomic E-state index is 10.9. The zero-order valence-corrected chi connectivity index (χ0v) is 7.97. The topological polar surface area (TPSA) is 37.3 Å². The Hall–Kier alpha value is -0.530. The monoisotopic (exact) mass is 170 g/mol. The highest BCUT2D eigenvalue weighted by atomic mass is 16.4. The molecule has 2 nitrogen and oxygen atoms in total. The molecular weight excluding hydrogens is 152 g/mol. The number of aliphatic carboxylic acids is 1. The number of carbonyl (C=O) groups is 1. The lowest BCUT2D eigenvalue weighted by atomic mass is 9.71. The molecule has 1 N–H and O–H groups in total. The molecule has 0 unspecified atom stereocenters. The van der Waals surface area contributed by atoms with E-state index in [4.69, 9.17) is 5.11 Å². The van der Waals surface area contributed by atoms with E-state index in [0.717, 1.165) is 12.8 Å². The second kappa shape index (κ2) is 3.46. The standard InChI is InChI=1S/C10H18O2/c1-10(2,9(11)12)8-6-4-3-5-7-8/h8H,3-7H2,1-2H3,(H,11,12). The molecule has 0 amide bonds.